The van der Waals surface area contributed by atoms with Crippen LogP contribution in [-0.4, -0.2) is 88.8 Å². The van der Waals surface area contributed by atoms with Gasteiger partial charge < -0.3 is 9.80 Å². The molecule has 0 unspecified atom stereocenters. The van der Waals surface area contributed by atoms with E-state index in [-0.39, 0.29) is 17.2 Å². The lowest BCUT2D eigenvalue weighted by Crippen LogP contribution is -2.49. The highest BCUT2D eigenvalue weighted by molar-refractivity contribution is 7.89. The zero-order chi connectivity index (χ0) is 18.2. The van der Waals surface area contributed by atoms with Crippen LogP contribution >= 0.6 is 0 Å². The van der Waals surface area contributed by atoms with Gasteiger partial charge in [-0.25, -0.2) is 8.42 Å². The lowest BCUT2D eigenvalue weighted by atomic mass is 10.2. The Kier molecular flexibility index (Phi) is 5.15. The molecule has 0 spiro atoms. The quantitative estimate of drug-likeness (QED) is 0.738. The number of benzene rings is 1. The standard InChI is InChI=1S/C17H26N4O3S/c1-18(2)6-7-20-8-10-21(11-9-20)25(23,24)15-4-5-16-14(12-15)13-17(22)19(16)3/h4-5,12H,6-11,13H2,1-3H3. The Balaban J connectivity index is 1.69. The van der Waals surface area contributed by atoms with E-state index in [9.17, 15) is 13.2 Å². The monoisotopic (exact) mass is 366 g/mol. The van der Waals surface area contributed by atoms with E-state index in [1.54, 1.807) is 34.5 Å². The zero-order valence-electron chi connectivity index (χ0n) is 15.1. The second-order valence-electron chi connectivity index (χ2n) is 6.97. The van der Waals surface area contributed by atoms with Gasteiger partial charge in [0.25, 0.3) is 0 Å². The lowest BCUT2D eigenvalue weighted by molar-refractivity contribution is -0.117. The molecule has 1 aromatic carbocycles. The van der Waals surface area contributed by atoms with Crippen LogP contribution in [-0.2, 0) is 21.2 Å². The maximum absolute atomic E-state index is 12.9. The van der Waals surface area contributed by atoms with E-state index < -0.39 is 10.0 Å². The Morgan fingerprint density at radius 3 is 2.44 bits per heavy atom. The molecule has 1 amide bonds. The molecule has 0 bridgehead atoms. The van der Waals surface area contributed by atoms with Gasteiger partial charge in [0, 0.05) is 52.0 Å². The largest absolute Gasteiger partial charge is 0.315 e. The summed E-state index contributed by atoms with van der Waals surface area (Å²) in [6, 6.07) is 5.01. The number of fused-ring (bicyclic) bond motifs is 1. The van der Waals surface area contributed by atoms with Crippen LogP contribution in [0.3, 0.4) is 0 Å². The Morgan fingerprint density at radius 2 is 1.80 bits per heavy atom. The van der Waals surface area contributed by atoms with Crippen molar-refractivity contribution in [2.75, 3.05) is 65.3 Å². The van der Waals surface area contributed by atoms with Gasteiger partial charge in [-0.1, -0.05) is 0 Å². The number of hydrogen-bond donors (Lipinski definition) is 0. The Hall–Kier alpha value is -1.48. The first-order chi connectivity index (χ1) is 11.8. The number of hydrogen-bond acceptors (Lipinski definition) is 5. The number of likely N-dealkylation sites (N-methyl/N-ethyl adjacent to an activating group) is 2. The normalized spacial score (nSPS) is 19.7. The number of nitrogens with zero attached hydrogens (tertiary/aromatic N) is 4. The average molecular weight is 366 g/mol. The van der Waals surface area contributed by atoms with Crippen molar-refractivity contribution in [1.29, 1.82) is 0 Å². The van der Waals surface area contributed by atoms with Gasteiger partial charge in [-0.2, -0.15) is 4.31 Å². The highest BCUT2D eigenvalue weighted by Crippen LogP contribution is 2.30. The number of rotatable bonds is 5. The van der Waals surface area contributed by atoms with Crippen molar-refractivity contribution in [3.8, 4) is 0 Å². The minimum Gasteiger partial charge on any atom is -0.315 e. The third-order valence-corrected chi connectivity index (χ3v) is 6.86. The summed E-state index contributed by atoms with van der Waals surface area (Å²) in [6.07, 6.45) is 0.271. The second-order valence-corrected chi connectivity index (χ2v) is 8.91. The van der Waals surface area contributed by atoms with E-state index in [4.69, 9.17) is 0 Å². The molecule has 7 nitrogen and oxygen atoms in total. The number of amides is 1. The van der Waals surface area contributed by atoms with Gasteiger partial charge in [0.15, 0.2) is 0 Å². The number of piperazine rings is 1. The first-order valence-electron chi connectivity index (χ1n) is 8.56. The zero-order valence-corrected chi connectivity index (χ0v) is 15.9. The molecule has 1 fully saturated rings. The molecule has 0 saturated carbocycles. The molecule has 0 atom stereocenters. The number of carbonyl (C=O) groups excluding carboxylic acids is 1. The lowest BCUT2D eigenvalue weighted by Gasteiger charge is -2.34. The summed E-state index contributed by atoms with van der Waals surface area (Å²) in [5.41, 5.74) is 1.59. The van der Waals surface area contributed by atoms with Crippen LogP contribution in [0.5, 0.6) is 0 Å². The van der Waals surface area contributed by atoms with E-state index in [1.165, 1.54) is 0 Å². The number of anilines is 1. The molecule has 138 valence electrons. The minimum atomic E-state index is -3.51. The van der Waals surface area contributed by atoms with Crippen LogP contribution in [0, 0.1) is 0 Å². The minimum absolute atomic E-state index is 0.000876. The summed E-state index contributed by atoms with van der Waals surface area (Å²) in [4.78, 5) is 18.1. The van der Waals surface area contributed by atoms with E-state index in [1.807, 2.05) is 14.1 Å². The molecule has 2 aliphatic rings. The summed E-state index contributed by atoms with van der Waals surface area (Å²) in [7, 11) is 2.29. The molecule has 2 heterocycles. The molecule has 1 aromatic rings. The van der Waals surface area contributed by atoms with Crippen LogP contribution in [0.1, 0.15) is 5.56 Å². The third-order valence-electron chi connectivity index (χ3n) is 4.96. The van der Waals surface area contributed by atoms with Crippen LogP contribution in [0.4, 0.5) is 5.69 Å². The van der Waals surface area contributed by atoms with Gasteiger partial charge in [0.1, 0.15) is 0 Å². The summed E-state index contributed by atoms with van der Waals surface area (Å²) in [5.74, 6) is -0.000876. The molecule has 8 heteroatoms. The topological polar surface area (TPSA) is 64.2 Å². The first kappa shape index (κ1) is 18.3. The van der Waals surface area contributed by atoms with Gasteiger partial charge in [0.05, 0.1) is 11.3 Å². The fourth-order valence-corrected chi connectivity index (χ4v) is 4.76. The van der Waals surface area contributed by atoms with Crippen molar-refractivity contribution in [1.82, 2.24) is 14.1 Å². The average Bonchev–Trinajstić information content (AvgIpc) is 2.87. The summed E-state index contributed by atoms with van der Waals surface area (Å²) in [5, 5.41) is 0. The predicted molar refractivity (Wildman–Crippen MR) is 97.3 cm³/mol. The van der Waals surface area contributed by atoms with Gasteiger partial charge >= 0.3 is 0 Å². The molecule has 0 radical (unpaired) electrons. The first-order valence-corrected chi connectivity index (χ1v) is 10.00. The van der Waals surface area contributed by atoms with Crippen molar-refractivity contribution in [3.63, 3.8) is 0 Å². The molecule has 1 saturated heterocycles. The maximum atomic E-state index is 12.9. The maximum Gasteiger partial charge on any atom is 0.243 e. The number of sulfonamides is 1. The van der Waals surface area contributed by atoms with Crippen molar-refractivity contribution in [3.05, 3.63) is 23.8 Å². The molecule has 2 aliphatic heterocycles. The smallest absolute Gasteiger partial charge is 0.243 e. The fraction of sp³-hybridized carbons (Fsp3) is 0.588. The van der Waals surface area contributed by atoms with E-state index in [0.29, 0.717) is 13.1 Å². The van der Waals surface area contributed by atoms with Crippen LogP contribution in [0.15, 0.2) is 23.1 Å². The van der Waals surface area contributed by atoms with Crippen molar-refractivity contribution in [2.45, 2.75) is 11.3 Å². The van der Waals surface area contributed by atoms with Gasteiger partial charge in [-0.3, -0.25) is 9.69 Å². The summed E-state index contributed by atoms with van der Waals surface area (Å²) < 4.78 is 27.4. The Morgan fingerprint density at radius 1 is 1.12 bits per heavy atom. The Bertz CT molecular complexity index is 755. The molecule has 0 aromatic heterocycles. The molecule has 0 N–H and O–H groups in total. The number of carbonyl (C=O) groups is 1. The highest BCUT2D eigenvalue weighted by Gasteiger charge is 2.31. The van der Waals surface area contributed by atoms with Crippen molar-refractivity contribution in [2.24, 2.45) is 0 Å². The summed E-state index contributed by atoms with van der Waals surface area (Å²) >= 11 is 0. The molecular weight excluding hydrogens is 340 g/mol. The SMILES string of the molecule is CN(C)CCN1CCN(S(=O)(=O)c2ccc3c(c2)CC(=O)N3C)CC1. The molecule has 25 heavy (non-hydrogen) atoms. The van der Waals surface area contributed by atoms with Crippen LogP contribution < -0.4 is 4.90 Å². The van der Waals surface area contributed by atoms with Crippen molar-refractivity contribution < 1.29 is 13.2 Å². The van der Waals surface area contributed by atoms with E-state index >= 15 is 0 Å². The van der Waals surface area contributed by atoms with Gasteiger partial charge in [0.2, 0.25) is 15.9 Å². The van der Waals surface area contributed by atoms with E-state index in [2.05, 4.69) is 9.80 Å². The van der Waals surface area contributed by atoms with Crippen molar-refractivity contribution >= 4 is 21.6 Å². The van der Waals surface area contributed by atoms with Crippen LogP contribution in [0.25, 0.3) is 0 Å². The molecule has 3 rings (SSSR count). The predicted octanol–water partition coefficient (Wildman–Crippen LogP) is 0.0734. The van der Waals surface area contributed by atoms with Gasteiger partial charge in [-0.15, -0.1) is 0 Å². The molecule has 0 aliphatic carbocycles. The van der Waals surface area contributed by atoms with Crippen LogP contribution in [0.2, 0.25) is 0 Å². The molecular formula is C17H26N4O3S. The third kappa shape index (κ3) is 3.72. The Labute approximate surface area is 149 Å². The second kappa shape index (κ2) is 7.03. The fourth-order valence-electron chi connectivity index (χ4n) is 3.29. The van der Waals surface area contributed by atoms with E-state index in [0.717, 1.165) is 37.4 Å². The summed E-state index contributed by atoms with van der Waals surface area (Å²) in [6.45, 7) is 4.43. The highest BCUT2D eigenvalue weighted by atomic mass is 32.2. The van der Waals surface area contributed by atoms with Gasteiger partial charge in [-0.05, 0) is 37.9 Å².